The van der Waals surface area contributed by atoms with Crippen LogP contribution in [0.2, 0.25) is 0 Å². The molecule has 0 spiro atoms. The second-order valence-corrected chi connectivity index (χ2v) is 3.44. The van der Waals surface area contributed by atoms with Crippen molar-refractivity contribution in [1.82, 2.24) is 4.90 Å². The summed E-state index contributed by atoms with van der Waals surface area (Å²) in [6, 6.07) is 0. The molecule has 1 aliphatic heterocycles. The normalized spacial score (nSPS) is 22.9. The van der Waals surface area contributed by atoms with Crippen molar-refractivity contribution in [2.24, 2.45) is 5.73 Å². The van der Waals surface area contributed by atoms with Gasteiger partial charge < -0.3 is 25.2 Å². The van der Waals surface area contributed by atoms with Crippen molar-refractivity contribution in [1.29, 1.82) is 0 Å². The van der Waals surface area contributed by atoms with Crippen LogP contribution in [0.25, 0.3) is 0 Å². The maximum atomic E-state index is 11.8. The summed E-state index contributed by atoms with van der Waals surface area (Å²) in [5.74, 6) is -1.36. The first kappa shape index (κ1) is 12.9. The van der Waals surface area contributed by atoms with E-state index in [4.69, 9.17) is 20.3 Å². The molecule has 0 saturated carbocycles. The summed E-state index contributed by atoms with van der Waals surface area (Å²) in [5.41, 5.74) is 5.37. The molecule has 92 valence electrons. The van der Waals surface area contributed by atoms with Crippen molar-refractivity contribution in [3.8, 4) is 0 Å². The number of nitrogens with two attached hydrogens (primary N) is 1. The third-order valence-corrected chi connectivity index (χ3v) is 2.43. The maximum Gasteiger partial charge on any atom is 0.334 e. The Balaban J connectivity index is 2.59. The lowest BCUT2D eigenvalue weighted by Gasteiger charge is -2.32. The van der Waals surface area contributed by atoms with Crippen molar-refractivity contribution in [2.45, 2.75) is 12.2 Å². The number of carbonyl (C=O) groups is 2. The van der Waals surface area contributed by atoms with Crippen LogP contribution in [0, 0.1) is 0 Å². The highest BCUT2D eigenvalue weighted by molar-refractivity contribution is 5.82. The van der Waals surface area contributed by atoms with Crippen LogP contribution in [0.4, 0.5) is 0 Å². The summed E-state index contributed by atoms with van der Waals surface area (Å²) in [7, 11) is 1.39. The van der Waals surface area contributed by atoms with Gasteiger partial charge in [0, 0.05) is 20.2 Å². The lowest BCUT2D eigenvalue weighted by Crippen LogP contribution is -2.53. The molecule has 1 amide bonds. The molecule has 0 aliphatic carbocycles. The van der Waals surface area contributed by atoms with Crippen molar-refractivity contribution < 1.29 is 24.2 Å². The van der Waals surface area contributed by atoms with Crippen molar-refractivity contribution in [3.63, 3.8) is 0 Å². The van der Waals surface area contributed by atoms with E-state index < -0.39 is 18.2 Å². The molecule has 3 N–H and O–H groups in total. The molecular weight excluding hydrogens is 216 g/mol. The van der Waals surface area contributed by atoms with E-state index in [0.29, 0.717) is 6.54 Å². The fraction of sp³-hybridized carbons (Fsp3) is 0.778. The molecule has 7 heteroatoms. The van der Waals surface area contributed by atoms with Gasteiger partial charge in [0.1, 0.15) is 6.10 Å². The molecule has 16 heavy (non-hydrogen) atoms. The highest BCUT2D eigenvalue weighted by Gasteiger charge is 2.31. The number of amides is 1. The summed E-state index contributed by atoms with van der Waals surface area (Å²) in [4.78, 5) is 23.9. The van der Waals surface area contributed by atoms with Crippen LogP contribution in [0.1, 0.15) is 0 Å². The minimum Gasteiger partial charge on any atom is -0.479 e. The molecule has 0 aromatic rings. The predicted molar refractivity (Wildman–Crippen MR) is 53.8 cm³/mol. The largest absolute Gasteiger partial charge is 0.479 e. The monoisotopic (exact) mass is 232 g/mol. The van der Waals surface area contributed by atoms with Gasteiger partial charge in [-0.05, 0) is 0 Å². The minimum absolute atomic E-state index is 0.0357. The second-order valence-electron chi connectivity index (χ2n) is 3.44. The Kier molecular flexibility index (Phi) is 4.66. The average Bonchev–Trinajstić information content (AvgIpc) is 2.30. The maximum absolute atomic E-state index is 11.8. The summed E-state index contributed by atoms with van der Waals surface area (Å²) >= 11 is 0. The summed E-state index contributed by atoms with van der Waals surface area (Å²) < 4.78 is 9.91. The SMILES string of the molecule is COC(CN)C(=O)N1CCOC(C(=O)O)C1. The van der Waals surface area contributed by atoms with Gasteiger partial charge in [-0.1, -0.05) is 0 Å². The Morgan fingerprint density at radius 2 is 2.38 bits per heavy atom. The number of aliphatic carboxylic acids is 1. The summed E-state index contributed by atoms with van der Waals surface area (Å²) in [6.07, 6.45) is -1.68. The lowest BCUT2D eigenvalue weighted by molar-refractivity contribution is -0.162. The van der Waals surface area contributed by atoms with E-state index >= 15 is 0 Å². The zero-order chi connectivity index (χ0) is 12.1. The van der Waals surface area contributed by atoms with Crippen LogP contribution in [0.15, 0.2) is 0 Å². The average molecular weight is 232 g/mol. The van der Waals surface area contributed by atoms with Crippen molar-refractivity contribution in [3.05, 3.63) is 0 Å². The summed E-state index contributed by atoms with van der Waals surface area (Å²) in [6.45, 7) is 0.685. The first-order chi connectivity index (χ1) is 7.60. The van der Waals surface area contributed by atoms with Gasteiger partial charge in [0.25, 0.3) is 5.91 Å². The molecule has 0 bridgehead atoms. The zero-order valence-electron chi connectivity index (χ0n) is 9.09. The molecule has 2 unspecified atom stereocenters. The Hall–Kier alpha value is -1.18. The lowest BCUT2D eigenvalue weighted by atomic mass is 10.2. The molecule has 7 nitrogen and oxygen atoms in total. The number of rotatable bonds is 4. The third kappa shape index (κ3) is 2.91. The number of ether oxygens (including phenoxy) is 2. The van der Waals surface area contributed by atoms with E-state index in [1.165, 1.54) is 12.0 Å². The van der Waals surface area contributed by atoms with Gasteiger partial charge in [-0.2, -0.15) is 0 Å². The number of nitrogens with zero attached hydrogens (tertiary/aromatic N) is 1. The first-order valence-corrected chi connectivity index (χ1v) is 4.96. The number of carbonyl (C=O) groups excluding carboxylic acids is 1. The van der Waals surface area contributed by atoms with E-state index in [2.05, 4.69) is 0 Å². The standard InChI is InChI=1S/C9H16N2O5/c1-15-6(4-10)8(12)11-2-3-16-7(5-11)9(13)14/h6-7H,2-5,10H2,1H3,(H,13,14). The molecule has 1 aliphatic rings. The fourth-order valence-corrected chi connectivity index (χ4v) is 1.50. The van der Waals surface area contributed by atoms with Gasteiger partial charge in [-0.25, -0.2) is 4.79 Å². The molecule has 0 aromatic carbocycles. The van der Waals surface area contributed by atoms with Gasteiger partial charge in [0.05, 0.1) is 13.2 Å². The number of morpholine rings is 1. The van der Waals surface area contributed by atoms with Crippen LogP contribution in [-0.2, 0) is 19.1 Å². The fourth-order valence-electron chi connectivity index (χ4n) is 1.50. The molecule has 1 rings (SSSR count). The topological polar surface area (TPSA) is 102 Å². The van der Waals surface area contributed by atoms with Crippen LogP contribution in [-0.4, -0.2) is 67.4 Å². The number of hydrogen-bond acceptors (Lipinski definition) is 5. The highest BCUT2D eigenvalue weighted by Crippen LogP contribution is 2.08. The van der Waals surface area contributed by atoms with Crippen LogP contribution >= 0.6 is 0 Å². The first-order valence-electron chi connectivity index (χ1n) is 4.96. The summed E-state index contributed by atoms with van der Waals surface area (Å²) in [5, 5.41) is 8.77. The quantitative estimate of drug-likeness (QED) is 0.597. The van der Waals surface area contributed by atoms with E-state index in [0.717, 1.165) is 0 Å². The van der Waals surface area contributed by atoms with Gasteiger partial charge in [0.2, 0.25) is 0 Å². The second kappa shape index (κ2) is 5.78. The highest BCUT2D eigenvalue weighted by atomic mass is 16.5. The molecule has 0 radical (unpaired) electrons. The van der Waals surface area contributed by atoms with Gasteiger partial charge in [-0.15, -0.1) is 0 Å². The van der Waals surface area contributed by atoms with Crippen LogP contribution in [0.3, 0.4) is 0 Å². The van der Waals surface area contributed by atoms with E-state index in [1.54, 1.807) is 0 Å². The molecular formula is C9H16N2O5. The molecule has 1 fully saturated rings. The number of carboxylic acids is 1. The Morgan fingerprint density at radius 1 is 1.69 bits per heavy atom. The van der Waals surface area contributed by atoms with Crippen molar-refractivity contribution >= 4 is 11.9 Å². The predicted octanol–water partition coefficient (Wildman–Crippen LogP) is -1.73. The Labute approximate surface area is 93.1 Å². The molecule has 1 saturated heterocycles. The van der Waals surface area contributed by atoms with E-state index in [9.17, 15) is 9.59 Å². The molecule has 1 heterocycles. The minimum atomic E-state index is -1.07. The molecule has 0 aromatic heterocycles. The third-order valence-electron chi connectivity index (χ3n) is 2.43. The van der Waals surface area contributed by atoms with Crippen molar-refractivity contribution in [2.75, 3.05) is 33.4 Å². The molecule has 2 atom stereocenters. The van der Waals surface area contributed by atoms with Crippen LogP contribution in [0.5, 0.6) is 0 Å². The van der Waals surface area contributed by atoms with Gasteiger partial charge in [0.15, 0.2) is 6.10 Å². The smallest absolute Gasteiger partial charge is 0.334 e. The number of methoxy groups -OCH3 is 1. The van der Waals surface area contributed by atoms with Gasteiger partial charge in [-0.3, -0.25) is 4.79 Å². The number of carboxylic acid groups (broad SMARTS) is 1. The van der Waals surface area contributed by atoms with Gasteiger partial charge >= 0.3 is 5.97 Å². The number of hydrogen-bond donors (Lipinski definition) is 2. The van der Waals surface area contributed by atoms with E-state index in [-0.39, 0.29) is 25.6 Å². The Bertz CT molecular complexity index is 267. The van der Waals surface area contributed by atoms with E-state index in [1.807, 2.05) is 0 Å². The Morgan fingerprint density at radius 3 is 2.88 bits per heavy atom. The zero-order valence-corrected chi connectivity index (χ0v) is 9.09. The van der Waals surface area contributed by atoms with Crippen LogP contribution < -0.4 is 5.73 Å².